The minimum atomic E-state index is -0.670. The molecule has 0 aromatic carbocycles. The minimum Gasteiger partial charge on any atom is -0.297 e. The third kappa shape index (κ3) is 2.45. The van der Waals surface area contributed by atoms with Gasteiger partial charge in [0.05, 0.1) is 6.07 Å². The van der Waals surface area contributed by atoms with E-state index < -0.39 is 5.41 Å². The maximum atomic E-state index is 12.4. The zero-order chi connectivity index (χ0) is 12.2. The summed E-state index contributed by atoms with van der Waals surface area (Å²) in [5.74, 6) is 0.185. The lowest BCUT2D eigenvalue weighted by Crippen LogP contribution is -2.43. The average Bonchev–Trinajstić information content (AvgIpc) is 2.25. The predicted molar refractivity (Wildman–Crippen MR) is 64.8 cm³/mol. The van der Waals surface area contributed by atoms with E-state index >= 15 is 0 Å². The first-order valence-electron chi connectivity index (χ1n) is 6.45. The molecule has 0 bridgehead atoms. The number of ketones is 1. The van der Waals surface area contributed by atoms with Crippen LogP contribution in [-0.2, 0) is 4.79 Å². The highest BCUT2D eigenvalue weighted by molar-refractivity contribution is 5.92. The van der Waals surface area contributed by atoms with Crippen LogP contribution in [0.5, 0.6) is 0 Å². The number of carbonyl (C=O) groups is 1. The lowest BCUT2D eigenvalue weighted by molar-refractivity contribution is -0.138. The average molecular weight is 221 g/mol. The number of rotatable bonds is 4. The van der Waals surface area contributed by atoms with Crippen molar-refractivity contribution in [2.45, 2.75) is 65.7 Å². The predicted octanol–water partition coefficient (Wildman–Crippen LogP) is 3.86. The molecule has 0 saturated heterocycles. The number of nitrogens with zero attached hydrogens (tertiary/aromatic N) is 1. The van der Waals surface area contributed by atoms with Crippen molar-refractivity contribution < 1.29 is 4.79 Å². The van der Waals surface area contributed by atoms with E-state index in [4.69, 9.17) is 0 Å². The molecule has 0 radical (unpaired) electrons. The van der Waals surface area contributed by atoms with E-state index in [2.05, 4.69) is 13.0 Å². The highest BCUT2D eigenvalue weighted by Gasteiger charge is 2.48. The van der Waals surface area contributed by atoms with Gasteiger partial charge in [-0.05, 0) is 19.3 Å². The Bertz CT molecular complexity index is 300. The van der Waals surface area contributed by atoms with Crippen LogP contribution in [0.3, 0.4) is 0 Å². The first kappa shape index (κ1) is 13.2. The Morgan fingerprint density at radius 1 is 1.31 bits per heavy atom. The van der Waals surface area contributed by atoms with Gasteiger partial charge < -0.3 is 0 Å². The second-order valence-electron chi connectivity index (χ2n) is 5.72. The van der Waals surface area contributed by atoms with Gasteiger partial charge in [-0.3, -0.25) is 4.79 Å². The minimum absolute atomic E-state index is 0.185. The Morgan fingerprint density at radius 2 is 2.00 bits per heavy atom. The van der Waals surface area contributed by atoms with Crippen molar-refractivity contribution in [2.75, 3.05) is 0 Å². The van der Waals surface area contributed by atoms with Crippen LogP contribution >= 0.6 is 0 Å². The van der Waals surface area contributed by atoms with Crippen molar-refractivity contribution in [1.29, 1.82) is 5.26 Å². The molecule has 90 valence electrons. The van der Waals surface area contributed by atoms with Crippen LogP contribution in [-0.4, -0.2) is 5.78 Å². The van der Waals surface area contributed by atoms with E-state index in [0.29, 0.717) is 0 Å². The van der Waals surface area contributed by atoms with Crippen LogP contribution in [0.25, 0.3) is 0 Å². The van der Waals surface area contributed by atoms with E-state index in [1.165, 1.54) is 0 Å². The number of carbonyl (C=O) groups excluding carboxylic acids is 1. The number of nitriles is 1. The molecular weight excluding hydrogens is 198 g/mol. The van der Waals surface area contributed by atoms with Gasteiger partial charge in [0.2, 0.25) is 0 Å². The van der Waals surface area contributed by atoms with Gasteiger partial charge in [-0.25, -0.2) is 0 Å². The monoisotopic (exact) mass is 221 g/mol. The lowest BCUT2D eigenvalue weighted by Gasteiger charge is -2.39. The molecule has 0 N–H and O–H groups in total. The Kier molecular flexibility index (Phi) is 4.13. The maximum Gasteiger partial charge on any atom is 0.158 e. The van der Waals surface area contributed by atoms with Gasteiger partial charge in [0.15, 0.2) is 5.78 Å². The van der Waals surface area contributed by atoms with Crippen LogP contribution in [0.1, 0.15) is 65.7 Å². The molecule has 1 unspecified atom stereocenters. The van der Waals surface area contributed by atoms with Gasteiger partial charge >= 0.3 is 0 Å². The van der Waals surface area contributed by atoms with Crippen molar-refractivity contribution in [3.05, 3.63) is 0 Å². The summed E-state index contributed by atoms with van der Waals surface area (Å²) in [5, 5.41) is 9.37. The number of hydrogen-bond donors (Lipinski definition) is 0. The zero-order valence-electron chi connectivity index (χ0n) is 10.8. The second kappa shape index (κ2) is 4.99. The molecule has 1 aliphatic carbocycles. The van der Waals surface area contributed by atoms with Crippen molar-refractivity contribution in [3.63, 3.8) is 0 Å². The standard InChI is InChI=1S/C14H23NO/c1-4-5-6-9-14(11-15)10-7-8-13(2,3)12(14)16/h4-10H2,1-3H3. The van der Waals surface area contributed by atoms with Gasteiger partial charge in [-0.15, -0.1) is 0 Å². The van der Waals surface area contributed by atoms with Crippen molar-refractivity contribution in [3.8, 4) is 6.07 Å². The molecular formula is C14H23NO. The van der Waals surface area contributed by atoms with Crippen molar-refractivity contribution in [2.24, 2.45) is 10.8 Å². The van der Waals surface area contributed by atoms with Gasteiger partial charge in [0.1, 0.15) is 5.41 Å². The van der Waals surface area contributed by atoms with Crippen LogP contribution in [0.15, 0.2) is 0 Å². The molecule has 2 nitrogen and oxygen atoms in total. The fourth-order valence-electron chi connectivity index (χ4n) is 2.78. The first-order valence-corrected chi connectivity index (χ1v) is 6.45. The fraction of sp³-hybridized carbons (Fsp3) is 0.857. The topological polar surface area (TPSA) is 40.9 Å². The van der Waals surface area contributed by atoms with Gasteiger partial charge in [0.25, 0.3) is 0 Å². The van der Waals surface area contributed by atoms with Crippen molar-refractivity contribution in [1.82, 2.24) is 0 Å². The molecule has 1 rings (SSSR count). The molecule has 0 aliphatic heterocycles. The van der Waals surface area contributed by atoms with E-state index in [0.717, 1.165) is 44.9 Å². The van der Waals surface area contributed by atoms with E-state index in [1.54, 1.807) is 0 Å². The van der Waals surface area contributed by atoms with E-state index in [9.17, 15) is 10.1 Å². The third-order valence-electron chi connectivity index (χ3n) is 3.88. The van der Waals surface area contributed by atoms with E-state index in [-0.39, 0.29) is 11.2 Å². The zero-order valence-corrected chi connectivity index (χ0v) is 10.8. The Hall–Kier alpha value is -0.840. The summed E-state index contributed by atoms with van der Waals surface area (Å²) in [6.45, 7) is 6.12. The Balaban J connectivity index is 2.78. The maximum absolute atomic E-state index is 12.4. The van der Waals surface area contributed by atoms with Crippen LogP contribution < -0.4 is 0 Å². The van der Waals surface area contributed by atoms with Gasteiger partial charge in [-0.1, -0.05) is 46.5 Å². The summed E-state index contributed by atoms with van der Waals surface area (Å²) >= 11 is 0. The first-order chi connectivity index (χ1) is 7.48. The number of Topliss-reactive ketones (excluding diaryl/α,β-unsaturated/α-hetero) is 1. The molecule has 0 spiro atoms. The summed E-state index contributed by atoms with van der Waals surface area (Å²) < 4.78 is 0. The largest absolute Gasteiger partial charge is 0.297 e. The van der Waals surface area contributed by atoms with Crippen LogP contribution in [0.2, 0.25) is 0 Å². The highest BCUT2D eigenvalue weighted by atomic mass is 16.1. The second-order valence-corrected chi connectivity index (χ2v) is 5.72. The van der Waals surface area contributed by atoms with Crippen LogP contribution in [0.4, 0.5) is 0 Å². The Labute approximate surface area is 99.0 Å². The quantitative estimate of drug-likeness (QED) is 0.676. The van der Waals surface area contributed by atoms with Crippen molar-refractivity contribution >= 4 is 5.78 Å². The molecule has 0 aromatic heterocycles. The molecule has 1 fully saturated rings. The summed E-state index contributed by atoms with van der Waals surface area (Å²) in [7, 11) is 0. The summed E-state index contributed by atoms with van der Waals surface area (Å²) in [4.78, 5) is 12.4. The lowest BCUT2D eigenvalue weighted by atomic mass is 9.61. The van der Waals surface area contributed by atoms with Gasteiger partial charge in [-0.2, -0.15) is 5.26 Å². The van der Waals surface area contributed by atoms with Crippen LogP contribution in [0, 0.1) is 22.2 Å². The normalized spacial score (nSPS) is 28.8. The molecule has 1 atom stereocenters. The summed E-state index contributed by atoms with van der Waals surface area (Å²) in [5.41, 5.74) is -0.961. The molecule has 0 aromatic rings. The third-order valence-corrected chi connectivity index (χ3v) is 3.88. The highest BCUT2D eigenvalue weighted by Crippen LogP contribution is 2.45. The number of unbranched alkanes of at least 4 members (excludes halogenated alkanes) is 2. The van der Waals surface area contributed by atoms with E-state index in [1.807, 2.05) is 13.8 Å². The molecule has 2 heteroatoms. The fourth-order valence-corrected chi connectivity index (χ4v) is 2.78. The molecule has 0 heterocycles. The summed E-state index contributed by atoms with van der Waals surface area (Å²) in [6.07, 6.45) is 6.75. The number of hydrogen-bond acceptors (Lipinski definition) is 2. The molecule has 1 saturated carbocycles. The smallest absolute Gasteiger partial charge is 0.158 e. The Morgan fingerprint density at radius 3 is 2.56 bits per heavy atom. The SMILES string of the molecule is CCCCCC1(C#N)CCCC(C)(C)C1=O. The molecule has 16 heavy (non-hydrogen) atoms. The molecule has 1 aliphatic rings. The summed E-state index contributed by atoms with van der Waals surface area (Å²) in [6, 6.07) is 2.33. The van der Waals surface area contributed by atoms with Gasteiger partial charge in [0, 0.05) is 5.41 Å². The molecule has 0 amide bonds.